The number of unbranched alkanes of at least 4 members (excludes halogenated alkanes) is 18. The fourth-order valence-electron chi connectivity index (χ4n) is 3.66. The molecule has 186 valence electrons. The molecule has 0 aromatic rings. The number of halogens is 2. The quantitative estimate of drug-likeness (QED) is 0.0817. The lowest BCUT2D eigenvalue weighted by Crippen LogP contribution is -3.00. The second-order valence-corrected chi connectivity index (χ2v) is 10.9. The zero-order valence-corrected chi connectivity index (χ0v) is 24.9. The lowest BCUT2D eigenvalue weighted by molar-refractivity contribution is -0.870. The molecular formula is C27H59Br2N. The first-order valence-corrected chi connectivity index (χ1v) is 14.5. The first kappa shape index (κ1) is 35.5. The van der Waals surface area contributed by atoms with Crippen LogP contribution in [0.3, 0.4) is 0 Å². The van der Waals surface area contributed by atoms with Gasteiger partial charge in [0.25, 0.3) is 0 Å². The van der Waals surface area contributed by atoms with Crippen LogP contribution in [0.5, 0.6) is 0 Å². The van der Waals surface area contributed by atoms with E-state index in [1.807, 2.05) is 0 Å². The Morgan fingerprint density at radius 2 is 0.700 bits per heavy atom. The molecule has 0 rings (SSSR count). The summed E-state index contributed by atoms with van der Waals surface area (Å²) in [7, 11) is 6.86. The minimum atomic E-state index is 0. The third-order valence-corrected chi connectivity index (χ3v) is 6.23. The summed E-state index contributed by atoms with van der Waals surface area (Å²) in [5, 5.41) is 1.18. The average molecular weight is 558 g/mol. The van der Waals surface area contributed by atoms with Crippen LogP contribution in [0.15, 0.2) is 0 Å². The SMILES string of the molecule is CCCCCCCCCCCCBr.CCCCCCCCCCCC[N+](C)(C)C.[Br-]. The minimum Gasteiger partial charge on any atom is -1.00 e. The van der Waals surface area contributed by atoms with Crippen LogP contribution < -0.4 is 17.0 Å². The van der Waals surface area contributed by atoms with Gasteiger partial charge in [0.1, 0.15) is 0 Å². The lowest BCUT2D eigenvalue weighted by atomic mass is 10.1. The third kappa shape index (κ3) is 39.4. The van der Waals surface area contributed by atoms with E-state index in [0.717, 1.165) is 4.48 Å². The normalized spacial score (nSPS) is 11.0. The smallest absolute Gasteiger partial charge is 0.0780 e. The van der Waals surface area contributed by atoms with Gasteiger partial charge >= 0.3 is 0 Å². The van der Waals surface area contributed by atoms with Crippen molar-refractivity contribution in [3.8, 4) is 0 Å². The minimum absolute atomic E-state index is 0. The number of hydrogen-bond donors (Lipinski definition) is 0. The van der Waals surface area contributed by atoms with Crippen LogP contribution in [0.25, 0.3) is 0 Å². The van der Waals surface area contributed by atoms with E-state index < -0.39 is 0 Å². The van der Waals surface area contributed by atoms with Crippen molar-refractivity contribution >= 4 is 15.9 Å². The molecule has 0 aromatic carbocycles. The number of quaternary nitrogens is 1. The molecular weight excluding hydrogens is 498 g/mol. The summed E-state index contributed by atoms with van der Waals surface area (Å²) in [6, 6.07) is 0. The van der Waals surface area contributed by atoms with Crippen molar-refractivity contribution in [2.75, 3.05) is 33.0 Å². The summed E-state index contributed by atoms with van der Waals surface area (Å²) >= 11 is 3.46. The molecule has 3 heteroatoms. The largest absolute Gasteiger partial charge is 1.00 e. The molecule has 0 saturated heterocycles. The molecule has 0 radical (unpaired) electrons. The molecule has 0 unspecified atom stereocenters. The average Bonchev–Trinajstić information content (AvgIpc) is 2.68. The fraction of sp³-hybridized carbons (Fsp3) is 1.00. The van der Waals surface area contributed by atoms with Gasteiger partial charge in [-0.2, -0.15) is 0 Å². The van der Waals surface area contributed by atoms with Crippen LogP contribution in [-0.4, -0.2) is 37.5 Å². The van der Waals surface area contributed by atoms with E-state index in [1.54, 1.807) is 0 Å². The number of nitrogens with zero attached hydrogens (tertiary/aromatic N) is 1. The summed E-state index contributed by atoms with van der Waals surface area (Å²) in [5.74, 6) is 0. The zero-order valence-electron chi connectivity index (χ0n) is 21.8. The molecule has 0 bridgehead atoms. The monoisotopic (exact) mass is 555 g/mol. The van der Waals surface area contributed by atoms with E-state index in [0.29, 0.717) is 0 Å². The molecule has 0 aliphatic heterocycles. The van der Waals surface area contributed by atoms with Gasteiger partial charge < -0.3 is 21.5 Å². The van der Waals surface area contributed by atoms with Crippen molar-refractivity contribution in [3.05, 3.63) is 0 Å². The Labute approximate surface area is 212 Å². The molecule has 0 atom stereocenters. The van der Waals surface area contributed by atoms with E-state index in [2.05, 4.69) is 50.9 Å². The molecule has 0 amide bonds. The topological polar surface area (TPSA) is 0 Å². The molecule has 0 spiro atoms. The van der Waals surface area contributed by atoms with E-state index in [4.69, 9.17) is 0 Å². The second kappa shape index (κ2) is 29.9. The summed E-state index contributed by atoms with van der Waals surface area (Å²) in [6.45, 7) is 5.89. The third-order valence-electron chi connectivity index (χ3n) is 5.67. The first-order valence-electron chi connectivity index (χ1n) is 13.3. The van der Waals surface area contributed by atoms with Crippen LogP contribution in [0.2, 0.25) is 0 Å². The van der Waals surface area contributed by atoms with Crippen molar-refractivity contribution in [1.29, 1.82) is 0 Å². The summed E-state index contributed by atoms with van der Waals surface area (Å²) in [5.41, 5.74) is 0. The van der Waals surface area contributed by atoms with Crippen LogP contribution in [0, 0.1) is 0 Å². The predicted octanol–water partition coefficient (Wildman–Crippen LogP) is 6.92. The Morgan fingerprint density at radius 3 is 0.967 bits per heavy atom. The van der Waals surface area contributed by atoms with Gasteiger partial charge in [0.05, 0.1) is 27.7 Å². The van der Waals surface area contributed by atoms with Gasteiger partial charge in [-0.05, 0) is 19.3 Å². The number of rotatable bonds is 21. The predicted molar refractivity (Wildman–Crippen MR) is 140 cm³/mol. The van der Waals surface area contributed by atoms with Crippen LogP contribution in [0.4, 0.5) is 0 Å². The van der Waals surface area contributed by atoms with Crippen LogP contribution in [-0.2, 0) is 0 Å². The van der Waals surface area contributed by atoms with E-state index in [9.17, 15) is 0 Å². The Kier molecular flexibility index (Phi) is 35.4. The number of alkyl halides is 1. The van der Waals surface area contributed by atoms with Gasteiger partial charge in [0.2, 0.25) is 0 Å². The molecule has 0 aliphatic rings. The van der Waals surface area contributed by atoms with Gasteiger partial charge in [-0.25, -0.2) is 0 Å². The summed E-state index contributed by atoms with van der Waals surface area (Å²) in [4.78, 5) is 0. The van der Waals surface area contributed by atoms with Gasteiger partial charge in [-0.1, -0.05) is 139 Å². The van der Waals surface area contributed by atoms with Crippen LogP contribution in [0.1, 0.15) is 142 Å². The summed E-state index contributed by atoms with van der Waals surface area (Å²) < 4.78 is 1.12. The second-order valence-electron chi connectivity index (χ2n) is 10.1. The van der Waals surface area contributed by atoms with E-state index >= 15 is 0 Å². The Morgan fingerprint density at radius 1 is 0.433 bits per heavy atom. The highest BCUT2D eigenvalue weighted by Crippen LogP contribution is 2.12. The standard InChI is InChI=1S/C15H34N.C12H25Br.BrH/c1-5-6-7-8-9-10-11-12-13-14-15-16(2,3)4;1-2-3-4-5-6-7-8-9-10-11-12-13;/h5-15H2,1-4H3;2-12H2,1H3;1H/q+1;;/p-1. The maximum absolute atomic E-state index is 3.46. The Hall–Kier alpha value is 0.920. The highest BCUT2D eigenvalue weighted by atomic mass is 79.9. The van der Waals surface area contributed by atoms with E-state index in [1.165, 1.54) is 140 Å². The Bertz CT molecular complexity index is 267. The summed E-state index contributed by atoms with van der Waals surface area (Å²) in [6.07, 6.45) is 28.7. The van der Waals surface area contributed by atoms with E-state index in [-0.39, 0.29) is 17.0 Å². The molecule has 30 heavy (non-hydrogen) atoms. The molecule has 0 heterocycles. The maximum atomic E-state index is 3.46. The molecule has 0 fully saturated rings. The van der Waals surface area contributed by atoms with Crippen molar-refractivity contribution in [3.63, 3.8) is 0 Å². The van der Waals surface area contributed by atoms with Gasteiger partial charge in [-0.3, -0.25) is 0 Å². The molecule has 0 saturated carbocycles. The zero-order chi connectivity index (χ0) is 22.1. The van der Waals surface area contributed by atoms with Crippen molar-refractivity contribution in [2.24, 2.45) is 0 Å². The van der Waals surface area contributed by atoms with Crippen molar-refractivity contribution < 1.29 is 21.5 Å². The van der Waals surface area contributed by atoms with Crippen LogP contribution >= 0.6 is 15.9 Å². The van der Waals surface area contributed by atoms with Gasteiger partial charge in [-0.15, -0.1) is 0 Å². The van der Waals surface area contributed by atoms with Crippen molar-refractivity contribution in [2.45, 2.75) is 142 Å². The lowest BCUT2D eigenvalue weighted by Gasteiger charge is -2.23. The molecule has 1 nitrogen and oxygen atoms in total. The fourth-order valence-corrected chi connectivity index (χ4v) is 4.05. The molecule has 0 N–H and O–H groups in total. The first-order chi connectivity index (χ1) is 14.0. The Balaban J connectivity index is -0.000000480. The highest BCUT2D eigenvalue weighted by molar-refractivity contribution is 9.09. The molecule has 0 aliphatic carbocycles. The maximum Gasteiger partial charge on any atom is 0.0780 e. The van der Waals surface area contributed by atoms with Gasteiger partial charge in [0.15, 0.2) is 0 Å². The van der Waals surface area contributed by atoms with Gasteiger partial charge in [0, 0.05) is 5.33 Å². The number of hydrogen-bond acceptors (Lipinski definition) is 0. The van der Waals surface area contributed by atoms with Crippen molar-refractivity contribution in [1.82, 2.24) is 0 Å². The molecule has 0 aromatic heterocycles. The highest BCUT2D eigenvalue weighted by Gasteiger charge is 2.04.